The summed E-state index contributed by atoms with van der Waals surface area (Å²) in [7, 11) is 0. The van der Waals surface area contributed by atoms with E-state index >= 15 is 0 Å². The summed E-state index contributed by atoms with van der Waals surface area (Å²) in [6.07, 6.45) is 0.219. The summed E-state index contributed by atoms with van der Waals surface area (Å²) in [5.74, 6) is -2.18. The number of hydrogen-bond acceptors (Lipinski definition) is 4. The third-order valence-electron chi connectivity index (χ3n) is 3.41. The van der Waals surface area contributed by atoms with Gasteiger partial charge in [-0.1, -0.05) is 37.3 Å². The first kappa shape index (κ1) is 18.6. The first-order chi connectivity index (χ1) is 10.8. The van der Waals surface area contributed by atoms with E-state index < -0.39 is 30.4 Å². The van der Waals surface area contributed by atoms with Crippen LogP contribution in [0.3, 0.4) is 0 Å². The Morgan fingerprint density at radius 2 is 1.74 bits per heavy atom. The molecule has 0 bridgehead atoms. The number of hydrogen-bond donors (Lipinski definition) is 4. The summed E-state index contributed by atoms with van der Waals surface area (Å²) in [6.45, 7) is 3.47. The maximum Gasteiger partial charge on any atom is 0.305 e. The average Bonchev–Trinajstić information content (AvgIpc) is 2.52. The van der Waals surface area contributed by atoms with Crippen LogP contribution in [0.1, 0.15) is 38.3 Å². The van der Waals surface area contributed by atoms with Gasteiger partial charge in [0.25, 0.3) is 0 Å². The van der Waals surface area contributed by atoms with E-state index in [4.69, 9.17) is 10.8 Å². The molecule has 1 aromatic carbocycles. The van der Waals surface area contributed by atoms with Gasteiger partial charge in [-0.25, -0.2) is 0 Å². The fraction of sp³-hybridized carbons (Fsp3) is 0.438. The van der Waals surface area contributed by atoms with Crippen LogP contribution < -0.4 is 16.4 Å². The van der Waals surface area contributed by atoms with Crippen molar-refractivity contribution in [2.24, 2.45) is 5.73 Å². The lowest BCUT2D eigenvalue weighted by Gasteiger charge is -2.21. The molecule has 0 aliphatic rings. The average molecular weight is 321 g/mol. The lowest BCUT2D eigenvalue weighted by Crippen LogP contribution is -2.51. The van der Waals surface area contributed by atoms with Crippen molar-refractivity contribution in [3.63, 3.8) is 0 Å². The van der Waals surface area contributed by atoms with Gasteiger partial charge in [-0.2, -0.15) is 0 Å². The molecule has 0 saturated carbocycles. The predicted octanol–water partition coefficient (Wildman–Crippen LogP) is 0.561. The normalized spacial score (nSPS) is 14.4. The fourth-order valence-electron chi connectivity index (χ4n) is 2.07. The molecule has 0 saturated heterocycles. The number of nitrogens with one attached hydrogen (secondary N) is 2. The zero-order valence-corrected chi connectivity index (χ0v) is 13.3. The fourth-order valence-corrected chi connectivity index (χ4v) is 2.07. The van der Waals surface area contributed by atoms with Crippen LogP contribution in [0.25, 0.3) is 0 Å². The van der Waals surface area contributed by atoms with E-state index in [0.29, 0.717) is 6.42 Å². The largest absolute Gasteiger partial charge is 0.481 e. The second-order valence-corrected chi connectivity index (χ2v) is 5.31. The van der Waals surface area contributed by atoms with E-state index in [1.165, 1.54) is 6.92 Å². The summed E-state index contributed by atoms with van der Waals surface area (Å²) in [5.41, 5.74) is 6.44. The lowest BCUT2D eigenvalue weighted by atomic mass is 10.0. The lowest BCUT2D eigenvalue weighted by molar-refractivity contribution is -0.139. The highest BCUT2D eigenvalue weighted by atomic mass is 16.4. The van der Waals surface area contributed by atoms with Crippen LogP contribution in [-0.4, -0.2) is 35.0 Å². The molecule has 7 heteroatoms. The summed E-state index contributed by atoms with van der Waals surface area (Å²) in [5, 5.41) is 13.9. The molecule has 0 aliphatic heterocycles. The molecule has 126 valence electrons. The summed E-state index contributed by atoms with van der Waals surface area (Å²) in [6, 6.07) is 7.36. The number of carboxylic acid groups (broad SMARTS) is 1. The Kier molecular flexibility index (Phi) is 7.21. The van der Waals surface area contributed by atoms with Crippen LogP contribution in [0.15, 0.2) is 30.3 Å². The number of carboxylic acids is 1. The molecular weight excluding hydrogens is 298 g/mol. The van der Waals surface area contributed by atoms with E-state index in [1.54, 1.807) is 0 Å². The Labute approximate surface area is 135 Å². The SMILES string of the molecule is CC[C@@H](NC(=O)[C@@H](C)NC(=O)[C@@H](N)CC(=O)O)c1ccccc1. The van der Waals surface area contributed by atoms with E-state index in [0.717, 1.165) is 5.56 Å². The molecule has 7 nitrogen and oxygen atoms in total. The minimum absolute atomic E-state index is 0.157. The van der Waals surface area contributed by atoms with Crippen molar-refractivity contribution >= 4 is 17.8 Å². The molecule has 0 unspecified atom stereocenters. The van der Waals surface area contributed by atoms with Gasteiger partial charge in [0, 0.05) is 0 Å². The topological polar surface area (TPSA) is 122 Å². The van der Waals surface area contributed by atoms with E-state index in [-0.39, 0.29) is 11.9 Å². The maximum atomic E-state index is 12.2. The molecular formula is C16H23N3O4. The number of aliphatic carboxylic acids is 1. The Balaban J connectivity index is 2.59. The van der Waals surface area contributed by atoms with Gasteiger partial charge in [0.2, 0.25) is 11.8 Å². The Morgan fingerprint density at radius 3 is 2.26 bits per heavy atom. The number of amides is 2. The molecule has 0 heterocycles. The van der Waals surface area contributed by atoms with Crippen LogP contribution in [0.4, 0.5) is 0 Å². The van der Waals surface area contributed by atoms with Crippen molar-refractivity contribution in [3.8, 4) is 0 Å². The second-order valence-electron chi connectivity index (χ2n) is 5.31. The zero-order chi connectivity index (χ0) is 17.4. The number of rotatable bonds is 8. The van der Waals surface area contributed by atoms with Crippen molar-refractivity contribution in [2.45, 2.75) is 44.8 Å². The van der Waals surface area contributed by atoms with Crippen molar-refractivity contribution < 1.29 is 19.5 Å². The van der Waals surface area contributed by atoms with Crippen molar-refractivity contribution in [2.75, 3.05) is 0 Å². The molecule has 3 atom stereocenters. The third kappa shape index (κ3) is 6.07. The molecule has 0 aliphatic carbocycles. The van der Waals surface area contributed by atoms with Gasteiger partial charge in [-0.3, -0.25) is 14.4 Å². The van der Waals surface area contributed by atoms with E-state index in [2.05, 4.69) is 10.6 Å². The monoisotopic (exact) mass is 321 g/mol. The second kappa shape index (κ2) is 8.89. The molecule has 2 amide bonds. The minimum Gasteiger partial charge on any atom is -0.481 e. The van der Waals surface area contributed by atoms with Gasteiger partial charge in [0.05, 0.1) is 18.5 Å². The van der Waals surface area contributed by atoms with Gasteiger partial charge >= 0.3 is 5.97 Å². The Morgan fingerprint density at radius 1 is 1.13 bits per heavy atom. The third-order valence-corrected chi connectivity index (χ3v) is 3.41. The zero-order valence-electron chi connectivity index (χ0n) is 13.3. The van der Waals surface area contributed by atoms with Crippen LogP contribution in [-0.2, 0) is 14.4 Å². The van der Waals surface area contributed by atoms with Crippen LogP contribution in [0.5, 0.6) is 0 Å². The summed E-state index contributed by atoms with van der Waals surface area (Å²) < 4.78 is 0. The molecule has 1 aromatic rings. The molecule has 1 rings (SSSR count). The Hall–Kier alpha value is -2.41. The molecule has 0 fully saturated rings. The predicted molar refractivity (Wildman–Crippen MR) is 85.4 cm³/mol. The highest BCUT2D eigenvalue weighted by Crippen LogP contribution is 2.15. The molecule has 0 aromatic heterocycles. The molecule has 0 spiro atoms. The number of carbonyl (C=O) groups excluding carboxylic acids is 2. The van der Waals surface area contributed by atoms with Crippen molar-refractivity contribution in [1.29, 1.82) is 0 Å². The smallest absolute Gasteiger partial charge is 0.305 e. The molecule has 0 radical (unpaired) electrons. The summed E-state index contributed by atoms with van der Waals surface area (Å²) in [4.78, 5) is 34.5. The first-order valence-electron chi connectivity index (χ1n) is 7.48. The van der Waals surface area contributed by atoms with Gasteiger partial charge in [0.15, 0.2) is 0 Å². The Bertz CT molecular complexity index is 548. The quantitative estimate of drug-likeness (QED) is 0.557. The van der Waals surface area contributed by atoms with Gasteiger partial charge in [-0.05, 0) is 18.9 Å². The highest BCUT2D eigenvalue weighted by Gasteiger charge is 2.23. The minimum atomic E-state index is -1.18. The number of benzene rings is 1. The maximum absolute atomic E-state index is 12.2. The van der Waals surface area contributed by atoms with Crippen molar-refractivity contribution in [3.05, 3.63) is 35.9 Å². The van der Waals surface area contributed by atoms with Crippen LogP contribution in [0, 0.1) is 0 Å². The van der Waals surface area contributed by atoms with Gasteiger partial charge < -0.3 is 21.5 Å². The van der Waals surface area contributed by atoms with E-state index in [1.807, 2.05) is 37.3 Å². The van der Waals surface area contributed by atoms with Crippen LogP contribution >= 0.6 is 0 Å². The number of nitrogens with two attached hydrogens (primary N) is 1. The van der Waals surface area contributed by atoms with Gasteiger partial charge in [-0.15, -0.1) is 0 Å². The van der Waals surface area contributed by atoms with Crippen LogP contribution in [0.2, 0.25) is 0 Å². The summed E-state index contributed by atoms with van der Waals surface area (Å²) >= 11 is 0. The highest BCUT2D eigenvalue weighted by molar-refractivity contribution is 5.91. The van der Waals surface area contributed by atoms with E-state index in [9.17, 15) is 14.4 Å². The van der Waals surface area contributed by atoms with Gasteiger partial charge in [0.1, 0.15) is 6.04 Å². The first-order valence-corrected chi connectivity index (χ1v) is 7.48. The molecule has 23 heavy (non-hydrogen) atoms. The standard InChI is InChI=1S/C16H23N3O4/c1-3-13(11-7-5-4-6-8-11)19-15(22)10(2)18-16(23)12(17)9-14(20)21/h4-8,10,12-13H,3,9,17H2,1-2H3,(H,18,23)(H,19,22)(H,20,21)/t10-,12+,13-/m1/s1. The number of carbonyl (C=O) groups is 3. The van der Waals surface area contributed by atoms with Crippen molar-refractivity contribution in [1.82, 2.24) is 10.6 Å². The molecule has 5 N–H and O–H groups in total.